The zero-order valence-electron chi connectivity index (χ0n) is 10.6. The standard InChI is InChI=1S/C11H9BrF3N5O/c1-5(9-17-19-20-18-9)16-10(21)7-4-6(11(13,14)15)2-3-8(7)12/h2-5H,1H3,(H,16,21)(H,17,18,19,20). The summed E-state index contributed by atoms with van der Waals surface area (Å²) in [5, 5.41) is 15.4. The molecule has 0 saturated carbocycles. The van der Waals surface area contributed by atoms with Gasteiger partial charge in [0.1, 0.15) is 0 Å². The highest BCUT2D eigenvalue weighted by Gasteiger charge is 2.31. The number of benzene rings is 1. The summed E-state index contributed by atoms with van der Waals surface area (Å²) < 4.78 is 38.3. The van der Waals surface area contributed by atoms with Crippen molar-refractivity contribution in [3.8, 4) is 0 Å². The normalized spacial score (nSPS) is 13.0. The van der Waals surface area contributed by atoms with Gasteiger partial charge in [-0.2, -0.15) is 18.4 Å². The highest BCUT2D eigenvalue weighted by Crippen LogP contribution is 2.32. The minimum Gasteiger partial charge on any atom is -0.342 e. The highest BCUT2D eigenvalue weighted by atomic mass is 79.9. The lowest BCUT2D eigenvalue weighted by Gasteiger charge is -2.13. The molecule has 2 N–H and O–H groups in total. The van der Waals surface area contributed by atoms with Crippen LogP contribution in [0.3, 0.4) is 0 Å². The molecule has 0 bridgehead atoms. The zero-order chi connectivity index (χ0) is 15.6. The molecule has 2 rings (SSSR count). The first-order valence-corrected chi connectivity index (χ1v) is 6.49. The maximum absolute atomic E-state index is 12.7. The summed E-state index contributed by atoms with van der Waals surface area (Å²) in [4.78, 5) is 12.1. The number of carbonyl (C=O) groups excluding carboxylic acids is 1. The van der Waals surface area contributed by atoms with Crippen molar-refractivity contribution < 1.29 is 18.0 Å². The molecule has 6 nitrogen and oxygen atoms in total. The summed E-state index contributed by atoms with van der Waals surface area (Å²) >= 11 is 3.06. The van der Waals surface area contributed by atoms with Crippen LogP contribution in [0.1, 0.15) is 34.7 Å². The fraction of sp³-hybridized carbons (Fsp3) is 0.273. The van der Waals surface area contributed by atoms with Crippen LogP contribution in [0, 0.1) is 0 Å². The van der Waals surface area contributed by atoms with Gasteiger partial charge in [0.25, 0.3) is 5.91 Å². The molecule has 0 fully saturated rings. The van der Waals surface area contributed by atoms with Crippen LogP contribution in [0.25, 0.3) is 0 Å². The Labute approximate surface area is 125 Å². The van der Waals surface area contributed by atoms with E-state index in [1.807, 2.05) is 0 Å². The third-order valence-corrected chi connectivity index (χ3v) is 3.33. The van der Waals surface area contributed by atoms with E-state index in [0.717, 1.165) is 12.1 Å². The van der Waals surface area contributed by atoms with Crippen LogP contribution in [0.5, 0.6) is 0 Å². The van der Waals surface area contributed by atoms with Gasteiger partial charge in [0.2, 0.25) is 0 Å². The van der Waals surface area contributed by atoms with E-state index in [-0.39, 0.29) is 15.9 Å². The summed E-state index contributed by atoms with van der Waals surface area (Å²) in [6.07, 6.45) is -4.52. The van der Waals surface area contributed by atoms with E-state index < -0.39 is 23.7 Å². The molecule has 0 aliphatic rings. The molecule has 0 aliphatic carbocycles. The van der Waals surface area contributed by atoms with Crippen molar-refractivity contribution in [3.63, 3.8) is 0 Å². The Morgan fingerprint density at radius 1 is 1.43 bits per heavy atom. The average molecular weight is 364 g/mol. The summed E-state index contributed by atoms with van der Waals surface area (Å²) in [6, 6.07) is 2.25. The number of nitrogens with zero attached hydrogens (tertiary/aromatic N) is 3. The number of aromatic nitrogens is 4. The van der Waals surface area contributed by atoms with Gasteiger partial charge >= 0.3 is 6.18 Å². The molecule has 0 aliphatic heterocycles. The molecule has 0 spiro atoms. The van der Waals surface area contributed by atoms with E-state index in [1.54, 1.807) is 6.92 Å². The molecule has 0 radical (unpaired) electrons. The number of H-pyrrole nitrogens is 1. The van der Waals surface area contributed by atoms with Crippen molar-refractivity contribution in [1.82, 2.24) is 25.9 Å². The van der Waals surface area contributed by atoms with Crippen LogP contribution in [0.4, 0.5) is 13.2 Å². The second-order valence-electron chi connectivity index (χ2n) is 4.16. The van der Waals surface area contributed by atoms with Crippen LogP contribution < -0.4 is 5.32 Å². The molecule has 2 aromatic rings. The van der Waals surface area contributed by atoms with Crippen molar-refractivity contribution in [2.24, 2.45) is 0 Å². The number of alkyl halides is 3. The Morgan fingerprint density at radius 2 is 2.14 bits per heavy atom. The number of tetrazole rings is 1. The fourth-order valence-corrected chi connectivity index (χ4v) is 1.99. The van der Waals surface area contributed by atoms with Gasteiger partial charge in [-0.1, -0.05) is 5.21 Å². The SMILES string of the molecule is CC(NC(=O)c1cc(C(F)(F)F)ccc1Br)c1nn[nH]n1. The zero-order valence-corrected chi connectivity index (χ0v) is 12.2. The van der Waals surface area contributed by atoms with Crippen LogP contribution >= 0.6 is 15.9 Å². The summed E-state index contributed by atoms with van der Waals surface area (Å²) in [7, 11) is 0. The smallest absolute Gasteiger partial charge is 0.342 e. The second-order valence-corrected chi connectivity index (χ2v) is 5.01. The van der Waals surface area contributed by atoms with E-state index >= 15 is 0 Å². The second kappa shape index (κ2) is 5.80. The molecule has 1 atom stereocenters. The van der Waals surface area contributed by atoms with Gasteiger partial charge in [-0.15, -0.1) is 10.2 Å². The van der Waals surface area contributed by atoms with Crippen LogP contribution in [0.2, 0.25) is 0 Å². The number of amides is 1. The van der Waals surface area contributed by atoms with Crippen LogP contribution in [-0.4, -0.2) is 26.5 Å². The number of nitrogens with one attached hydrogen (secondary N) is 2. The number of carbonyl (C=O) groups is 1. The number of hydrogen-bond acceptors (Lipinski definition) is 4. The lowest BCUT2D eigenvalue weighted by atomic mass is 10.1. The largest absolute Gasteiger partial charge is 0.416 e. The van der Waals surface area contributed by atoms with Gasteiger partial charge < -0.3 is 5.32 Å². The predicted molar refractivity (Wildman–Crippen MR) is 69.2 cm³/mol. The first-order chi connectivity index (χ1) is 9.79. The van der Waals surface area contributed by atoms with Gasteiger partial charge in [0, 0.05) is 4.47 Å². The van der Waals surface area contributed by atoms with Crippen molar-refractivity contribution in [2.45, 2.75) is 19.1 Å². The average Bonchev–Trinajstić information content (AvgIpc) is 2.91. The summed E-state index contributed by atoms with van der Waals surface area (Å²) in [5.74, 6) is -0.447. The van der Waals surface area contributed by atoms with E-state index in [0.29, 0.717) is 0 Å². The predicted octanol–water partition coefficient (Wildman–Crippen LogP) is 2.47. The number of aromatic amines is 1. The van der Waals surface area contributed by atoms with Gasteiger partial charge in [-0.05, 0) is 41.1 Å². The first-order valence-electron chi connectivity index (χ1n) is 5.70. The van der Waals surface area contributed by atoms with Crippen LogP contribution in [-0.2, 0) is 6.18 Å². The van der Waals surface area contributed by atoms with E-state index in [1.165, 1.54) is 6.07 Å². The lowest BCUT2D eigenvalue weighted by molar-refractivity contribution is -0.137. The Bertz CT molecular complexity index is 644. The monoisotopic (exact) mass is 363 g/mol. The minimum atomic E-state index is -4.52. The van der Waals surface area contributed by atoms with Crippen LogP contribution in [0.15, 0.2) is 22.7 Å². The maximum Gasteiger partial charge on any atom is 0.416 e. The molecule has 1 heterocycles. The lowest BCUT2D eigenvalue weighted by Crippen LogP contribution is -2.28. The van der Waals surface area contributed by atoms with Crippen molar-refractivity contribution in [1.29, 1.82) is 0 Å². The molecule has 1 aromatic heterocycles. The molecule has 10 heteroatoms. The van der Waals surface area contributed by atoms with E-state index in [4.69, 9.17) is 0 Å². The van der Waals surface area contributed by atoms with Gasteiger partial charge in [-0.3, -0.25) is 4.79 Å². The minimum absolute atomic E-state index is 0.125. The molecule has 0 saturated heterocycles. The Kier molecular flexibility index (Phi) is 4.26. The van der Waals surface area contributed by atoms with Gasteiger partial charge in [-0.25, -0.2) is 0 Å². The highest BCUT2D eigenvalue weighted by molar-refractivity contribution is 9.10. The maximum atomic E-state index is 12.7. The van der Waals surface area contributed by atoms with Crippen molar-refractivity contribution in [3.05, 3.63) is 39.6 Å². The molecule has 1 unspecified atom stereocenters. The van der Waals surface area contributed by atoms with Gasteiger partial charge in [0.15, 0.2) is 5.82 Å². The molecule has 112 valence electrons. The topological polar surface area (TPSA) is 83.6 Å². The van der Waals surface area contributed by atoms with E-state index in [2.05, 4.69) is 41.9 Å². The molecular weight excluding hydrogens is 355 g/mol. The Balaban J connectivity index is 2.23. The fourth-order valence-electron chi connectivity index (χ4n) is 1.57. The van der Waals surface area contributed by atoms with Crippen molar-refractivity contribution in [2.75, 3.05) is 0 Å². The quantitative estimate of drug-likeness (QED) is 0.877. The number of rotatable bonds is 3. The van der Waals surface area contributed by atoms with Crippen molar-refractivity contribution >= 4 is 21.8 Å². The Hall–Kier alpha value is -1.97. The Morgan fingerprint density at radius 3 is 2.71 bits per heavy atom. The third kappa shape index (κ3) is 3.57. The molecular formula is C11H9BrF3N5O. The molecule has 1 aromatic carbocycles. The number of halogens is 4. The number of hydrogen-bond donors (Lipinski definition) is 2. The molecule has 21 heavy (non-hydrogen) atoms. The summed E-state index contributed by atoms with van der Waals surface area (Å²) in [6.45, 7) is 1.59. The van der Waals surface area contributed by atoms with Gasteiger partial charge in [0.05, 0.1) is 17.2 Å². The van der Waals surface area contributed by atoms with E-state index in [9.17, 15) is 18.0 Å². The third-order valence-electron chi connectivity index (χ3n) is 2.63. The first kappa shape index (κ1) is 15.4. The summed E-state index contributed by atoms with van der Waals surface area (Å²) in [5.41, 5.74) is -1.02. The molecule has 1 amide bonds.